The lowest BCUT2D eigenvalue weighted by molar-refractivity contribution is 0.555. The number of aryl methyl sites for hydroxylation is 2. The maximum atomic E-state index is 4.50. The summed E-state index contributed by atoms with van der Waals surface area (Å²) in [5, 5.41) is 3.60. The molecule has 102 valence electrons. The monoisotopic (exact) mass is 257 g/mol. The Hall–Kier alpha value is -1.61. The maximum Gasteiger partial charge on any atom is 0.130 e. The van der Waals surface area contributed by atoms with Crippen molar-refractivity contribution < 1.29 is 0 Å². The predicted octanol–water partition coefficient (Wildman–Crippen LogP) is 3.07. The molecule has 2 aromatic rings. The average Bonchev–Trinajstić information content (AvgIpc) is 2.86. The Labute approximate surface area is 115 Å². The second-order valence-corrected chi connectivity index (χ2v) is 4.88. The first-order valence-corrected chi connectivity index (χ1v) is 7.05. The molecule has 0 bridgehead atoms. The van der Waals surface area contributed by atoms with Gasteiger partial charge >= 0.3 is 0 Å². The summed E-state index contributed by atoms with van der Waals surface area (Å²) in [5.74, 6) is 1.07. The highest BCUT2D eigenvalue weighted by Gasteiger charge is 2.17. The van der Waals surface area contributed by atoms with Gasteiger partial charge in [-0.3, -0.25) is 0 Å². The molecule has 0 fully saturated rings. The van der Waals surface area contributed by atoms with E-state index in [1.807, 2.05) is 19.4 Å². The largest absolute Gasteiger partial charge is 0.336 e. The Morgan fingerprint density at radius 2 is 2.16 bits per heavy atom. The molecule has 3 heteroatoms. The summed E-state index contributed by atoms with van der Waals surface area (Å²) < 4.78 is 2.09. The molecule has 1 N–H and O–H groups in total. The molecule has 0 aliphatic heterocycles. The molecule has 1 aromatic carbocycles. The first-order chi connectivity index (χ1) is 9.26. The van der Waals surface area contributed by atoms with Crippen LogP contribution < -0.4 is 5.32 Å². The second kappa shape index (κ2) is 6.53. The Morgan fingerprint density at radius 3 is 2.79 bits per heavy atom. The van der Waals surface area contributed by atoms with Crippen molar-refractivity contribution in [1.82, 2.24) is 14.9 Å². The van der Waals surface area contributed by atoms with Crippen molar-refractivity contribution in [2.75, 3.05) is 6.54 Å². The van der Waals surface area contributed by atoms with E-state index in [-0.39, 0.29) is 6.04 Å². The molecule has 0 amide bonds. The molecule has 0 aliphatic rings. The molecule has 1 heterocycles. The van der Waals surface area contributed by atoms with E-state index in [0.29, 0.717) is 0 Å². The van der Waals surface area contributed by atoms with Crippen molar-refractivity contribution in [3.05, 3.63) is 53.6 Å². The highest BCUT2D eigenvalue weighted by atomic mass is 15.1. The van der Waals surface area contributed by atoms with E-state index in [2.05, 4.69) is 53.0 Å². The zero-order valence-electron chi connectivity index (χ0n) is 12.1. The van der Waals surface area contributed by atoms with E-state index in [4.69, 9.17) is 0 Å². The molecule has 0 saturated carbocycles. The maximum absolute atomic E-state index is 4.50. The number of nitrogens with zero attached hydrogens (tertiary/aromatic N) is 2. The molecule has 0 saturated heterocycles. The zero-order valence-corrected chi connectivity index (χ0v) is 12.1. The fourth-order valence-corrected chi connectivity index (χ4v) is 2.29. The minimum absolute atomic E-state index is 0.173. The van der Waals surface area contributed by atoms with E-state index in [1.165, 1.54) is 11.1 Å². The molecule has 3 nitrogen and oxygen atoms in total. The van der Waals surface area contributed by atoms with Crippen LogP contribution in [0.3, 0.4) is 0 Å². The number of imidazole rings is 1. The van der Waals surface area contributed by atoms with Gasteiger partial charge in [-0.15, -0.1) is 0 Å². The van der Waals surface area contributed by atoms with E-state index < -0.39 is 0 Å². The smallest absolute Gasteiger partial charge is 0.130 e. The molecule has 0 spiro atoms. The Bertz CT molecular complexity index is 516. The SMILES string of the molecule is CCCNC(c1cccc(CC)c1)c1nccn1C. The third kappa shape index (κ3) is 3.24. The Kier molecular flexibility index (Phi) is 4.74. The third-order valence-corrected chi connectivity index (χ3v) is 3.41. The van der Waals surface area contributed by atoms with Gasteiger partial charge < -0.3 is 9.88 Å². The van der Waals surface area contributed by atoms with Crippen LogP contribution >= 0.6 is 0 Å². The summed E-state index contributed by atoms with van der Waals surface area (Å²) in [6.45, 7) is 5.37. The topological polar surface area (TPSA) is 29.9 Å². The van der Waals surface area contributed by atoms with Crippen molar-refractivity contribution in [3.63, 3.8) is 0 Å². The molecule has 19 heavy (non-hydrogen) atoms. The molecule has 2 rings (SSSR count). The van der Waals surface area contributed by atoms with Crippen molar-refractivity contribution in [1.29, 1.82) is 0 Å². The van der Waals surface area contributed by atoms with Crippen LogP contribution in [0, 0.1) is 0 Å². The highest BCUT2D eigenvalue weighted by molar-refractivity contribution is 5.30. The molecule has 1 atom stereocenters. The minimum Gasteiger partial charge on any atom is -0.336 e. The van der Waals surface area contributed by atoms with Gasteiger partial charge in [0.25, 0.3) is 0 Å². The Balaban J connectivity index is 2.34. The summed E-state index contributed by atoms with van der Waals surface area (Å²) in [6.07, 6.45) is 6.04. The van der Waals surface area contributed by atoms with Crippen LogP contribution in [-0.2, 0) is 13.5 Å². The summed E-state index contributed by atoms with van der Waals surface area (Å²) in [4.78, 5) is 4.50. The molecular weight excluding hydrogens is 234 g/mol. The van der Waals surface area contributed by atoms with Crippen LogP contribution in [0.5, 0.6) is 0 Å². The standard InChI is InChI=1S/C16H23N3/c1-4-9-17-15(16-18-10-11-19(16)3)14-8-6-7-13(5-2)12-14/h6-8,10-12,15,17H,4-5,9H2,1-3H3. The number of benzene rings is 1. The normalized spacial score (nSPS) is 12.6. The van der Waals surface area contributed by atoms with Gasteiger partial charge in [0.1, 0.15) is 5.82 Å². The summed E-state index contributed by atoms with van der Waals surface area (Å²) in [5.41, 5.74) is 2.66. The summed E-state index contributed by atoms with van der Waals surface area (Å²) >= 11 is 0. The van der Waals surface area contributed by atoms with Gasteiger partial charge in [0, 0.05) is 19.4 Å². The van der Waals surface area contributed by atoms with Crippen molar-refractivity contribution >= 4 is 0 Å². The van der Waals surface area contributed by atoms with Crippen LogP contribution in [0.25, 0.3) is 0 Å². The van der Waals surface area contributed by atoms with Gasteiger partial charge in [-0.25, -0.2) is 4.98 Å². The molecular formula is C16H23N3. The fraction of sp³-hybridized carbons (Fsp3) is 0.438. The lowest BCUT2D eigenvalue weighted by atomic mass is 10.0. The minimum atomic E-state index is 0.173. The van der Waals surface area contributed by atoms with Gasteiger partial charge in [-0.1, -0.05) is 38.1 Å². The number of rotatable bonds is 6. The van der Waals surface area contributed by atoms with E-state index in [0.717, 1.165) is 25.2 Å². The van der Waals surface area contributed by atoms with Crippen LogP contribution in [0.4, 0.5) is 0 Å². The molecule has 1 aromatic heterocycles. The van der Waals surface area contributed by atoms with E-state index in [1.54, 1.807) is 0 Å². The second-order valence-electron chi connectivity index (χ2n) is 4.88. The number of hydrogen-bond donors (Lipinski definition) is 1. The first-order valence-electron chi connectivity index (χ1n) is 7.05. The van der Waals surface area contributed by atoms with Gasteiger partial charge in [-0.05, 0) is 30.5 Å². The van der Waals surface area contributed by atoms with Crippen LogP contribution in [0.15, 0.2) is 36.7 Å². The summed E-state index contributed by atoms with van der Waals surface area (Å²) in [7, 11) is 2.05. The van der Waals surface area contributed by atoms with Gasteiger partial charge in [0.05, 0.1) is 6.04 Å². The summed E-state index contributed by atoms with van der Waals surface area (Å²) in [6, 6.07) is 8.95. The van der Waals surface area contributed by atoms with Crippen LogP contribution in [-0.4, -0.2) is 16.1 Å². The van der Waals surface area contributed by atoms with Crippen LogP contribution in [0.1, 0.15) is 43.3 Å². The molecule has 0 aliphatic carbocycles. The lowest BCUT2D eigenvalue weighted by Crippen LogP contribution is -2.25. The first kappa shape index (κ1) is 13.8. The van der Waals surface area contributed by atoms with Crippen molar-refractivity contribution in [2.24, 2.45) is 7.05 Å². The highest BCUT2D eigenvalue weighted by Crippen LogP contribution is 2.21. The zero-order chi connectivity index (χ0) is 13.7. The molecule has 0 radical (unpaired) electrons. The van der Waals surface area contributed by atoms with Gasteiger partial charge in [0.15, 0.2) is 0 Å². The predicted molar refractivity (Wildman–Crippen MR) is 79.2 cm³/mol. The van der Waals surface area contributed by atoms with Crippen molar-refractivity contribution in [3.8, 4) is 0 Å². The van der Waals surface area contributed by atoms with Gasteiger partial charge in [0.2, 0.25) is 0 Å². The van der Waals surface area contributed by atoms with E-state index >= 15 is 0 Å². The number of aromatic nitrogens is 2. The number of nitrogens with one attached hydrogen (secondary N) is 1. The quantitative estimate of drug-likeness (QED) is 0.862. The average molecular weight is 257 g/mol. The van der Waals surface area contributed by atoms with Crippen molar-refractivity contribution in [2.45, 2.75) is 32.7 Å². The Morgan fingerprint density at radius 1 is 1.32 bits per heavy atom. The van der Waals surface area contributed by atoms with E-state index in [9.17, 15) is 0 Å². The lowest BCUT2D eigenvalue weighted by Gasteiger charge is -2.19. The number of hydrogen-bond acceptors (Lipinski definition) is 2. The van der Waals surface area contributed by atoms with Crippen LogP contribution in [0.2, 0.25) is 0 Å². The fourth-order valence-electron chi connectivity index (χ4n) is 2.29. The third-order valence-electron chi connectivity index (χ3n) is 3.41. The van der Waals surface area contributed by atoms with Gasteiger partial charge in [-0.2, -0.15) is 0 Å². The molecule has 1 unspecified atom stereocenters.